The number of hydrogen-bond donors (Lipinski definition) is 0. The van der Waals surface area contributed by atoms with E-state index in [4.69, 9.17) is 5.26 Å². The van der Waals surface area contributed by atoms with Crippen LogP contribution in [0.4, 0.5) is 0 Å². The van der Waals surface area contributed by atoms with Gasteiger partial charge in [-0.15, -0.1) is 0 Å². The van der Waals surface area contributed by atoms with Crippen molar-refractivity contribution < 1.29 is 0 Å². The maximum absolute atomic E-state index is 8.59. The molecule has 1 atom stereocenters. The molecule has 0 saturated carbocycles. The number of aromatic nitrogens is 2. The van der Waals surface area contributed by atoms with E-state index >= 15 is 0 Å². The first-order chi connectivity index (χ1) is 8.40. The number of piperidine rings is 1. The summed E-state index contributed by atoms with van der Waals surface area (Å²) in [5.41, 5.74) is 0. The van der Waals surface area contributed by atoms with Gasteiger partial charge in [0.05, 0.1) is 12.6 Å². The maximum atomic E-state index is 8.59. The van der Waals surface area contributed by atoms with Gasteiger partial charge < -0.3 is 0 Å². The molecule has 2 rings (SSSR count). The van der Waals surface area contributed by atoms with Gasteiger partial charge in [0.1, 0.15) is 0 Å². The van der Waals surface area contributed by atoms with E-state index in [-0.39, 0.29) is 0 Å². The average molecular weight is 232 g/mol. The molecule has 0 radical (unpaired) electrons. The van der Waals surface area contributed by atoms with Gasteiger partial charge in [0.25, 0.3) is 0 Å². The molecule has 1 aliphatic heterocycles. The highest BCUT2D eigenvalue weighted by Crippen LogP contribution is 2.18. The Balaban J connectivity index is 1.86. The molecule has 1 fully saturated rings. The molecule has 1 aromatic heterocycles. The molecule has 17 heavy (non-hydrogen) atoms. The Labute approximate surface area is 103 Å². The smallest absolute Gasteiger partial charge is 0.0622 e. The predicted molar refractivity (Wildman–Crippen MR) is 66.3 cm³/mol. The quantitative estimate of drug-likeness (QED) is 0.730. The van der Waals surface area contributed by atoms with Crippen LogP contribution in [0.5, 0.6) is 0 Å². The predicted octanol–water partition coefficient (Wildman–Crippen LogP) is 2.04. The highest BCUT2D eigenvalue weighted by molar-refractivity contribution is 4.83. The van der Waals surface area contributed by atoms with E-state index in [0.29, 0.717) is 12.5 Å². The summed E-state index contributed by atoms with van der Waals surface area (Å²) in [6.07, 6.45) is 9.40. The lowest BCUT2D eigenvalue weighted by Gasteiger charge is -2.35. The zero-order valence-electron chi connectivity index (χ0n) is 10.3. The van der Waals surface area contributed by atoms with Gasteiger partial charge in [0, 0.05) is 24.9 Å². The molecule has 0 bridgehead atoms. The first kappa shape index (κ1) is 12.1. The number of nitriles is 1. The summed E-state index contributed by atoms with van der Waals surface area (Å²) < 4.78 is 2.02. The minimum Gasteiger partial charge on any atom is -0.299 e. The molecule has 2 heterocycles. The van der Waals surface area contributed by atoms with E-state index in [9.17, 15) is 0 Å². The standard InChI is InChI=1S/C13H20N4/c14-7-2-4-10-16-9-3-1-6-13(16)12-17-11-5-8-15-17/h5,8,11,13H,1-4,6,9-10,12H2. The van der Waals surface area contributed by atoms with Crippen molar-refractivity contribution in [3.05, 3.63) is 18.5 Å². The lowest BCUT2D eigenvalue weighted by atomic mass is 10.0. The van der Waals surface area contributed by atoms with Gasteiger partial charge in [-0.3, -0.25) is 9.58 Å². The Morgan fingerprint density at radius 2 is 2.35 bits per heavy atom. The summed E-state index contributed by atoms with van der Waals surface area (Å²) in [6, 6.07) is 4.80. The summed E-state index contributed by atoms with van der Waals surface area (Å²) in [6.45, 7) is 3.22. The fraction of sp³-hybridized carbons (Fsp3) is 0.692. The third kappa shape index (κ3) is 3.57. The fourth-order valence-corrected chi connectivity index (χ4v) is 2.55. The van der Waals surface area contributed by atoms with Crippen molar-refractivity contribution in [2.45, 2.75) is 44.7 Å². The normalized spacial score (nSPS) is 21.2. The molecule has 1 saturated heterocycles. The third-order valence-electron chi connectivity index (χ3n) is 3.44. The molecule has 0 spiro atoms. The first-order valence-electron chi connectivity index (χ1n) is 6.48. The summed E-state index contributed by atoms with van der Waals surface area (Å²) in [4.78, 5) is 2.53. The summed E-state index contributed by atoms with van der Waals surface area (Å²) in [5, 5.41) is 12.9. The van der Waals surface area contributed by atoms with Crippen LogP contribution in [0.25, 0.3) is 0 Å². The van der Waals surface area contributed by atoms with Crippen molar-refractivity contribution in [1.29, 1.82) is 5.26 Å². The van der Waals surface area contributed by atoms with Crippen LogP contribution >= 0.6 is 0 Å². The lowest BCUT2D eigenvalue weighted by Crippen LogP contribution is -2.42. The molecule has 4 heteroatoms. The zero-order chi connectivity index (χ0) is 11.9. The van der Waals surface area contributed by atoms with Crippen LogP contribution in [-0.2, 0) is 6.54 Å². The van der Waals surface area contributed by atoms with Gasteiger partial charge in [0.15, 0.2) is 0 Å². The van der Waals surface area contributed by atoms with Crippen molar-refractivity contribution in [3.63, 3.8) is 0 Å². The average Bonchev–Trinajstić information content (AvgIpc) is 2.84. The van der Waals surface area contributed by atoms with Crippen LogP contribution in [0, 0.1) is 11.3 Å². The minimum absolute atomic E-state index is 0.599. The number of unbranched alkanes of at least 4 members (excludes halogenated alkanes) is 1. The lowest BCUT2D eigenvalue weighted by molar-refractivity contribution is 0.128. The number of nitrogens with zero attached hydrogens (tertiary/aromatic N) is 4. The van der Waals surface area contributed by atoms with Crippen molar-refractivity contribution >= 4 is 0 Å². The Morgan fingerprint density at radius 3 is 3.12 bits per heavy atom. The molecule has 0 amide bonds. The van der Waals surface area contributed by atoms with Crippen LogP contribution in [0.2, 0.25) is 0 Å². The summed E-state index contributed by atoms with van der Waals surface area (Å²) in [7, 11) is 0. The molecule has 1 unspecified atom stereocenters. The Morgan fingerprint density at radius 1 is 1.41 bits per heavy atom. The van der Waals surface area contributed by atoms with Crippen LogP contribution in [0.1, 0.15) is 32.1 Å². The molecular formula is C13H20N4. The monoisotopic (exact) mass is 232 g/mol. The Hall–Kier alpha value is -1.34. The van der Waals surface area contributed by atoms with E-state index < -0.39 is 0 Å². The second-order valence-corrected chi connectivity index (χ2v) is 4.68. The van der Waals surface area contributed by atoms with Gasteiger partial charge in [-0.25, -0.2) is 0 Å². The van der Waals surface area contributed by atoms with E-state index in [1.807, 2.05) is 23.1 Å². The number of hydrogen-bond acceptors (Lipinski definition) is 3. The van der Waals surface area contributed by atoms with Crippen molar-refractivity contribution in [2.75, 3.05) is 13.1 Å². The van der Waals surface area contributed by atoms with Crippen LogP contribution in [0.15, 0.2) is 18.5 Å². The van der Waals surface area contributed by atoms with Crippen molar-refractivity contribution in [1.82, 2.24) is 14.7 Å². The molecule has 1 aliphatic rings. The third-order valence-corrected chi connectivity index (χ3v) is 3.44. The minimum atomic E-state index is 0.599. The Kier molecular flexibility index (Phi) is 4.57. The molecule has 0 N–H and O–H groups in total. The van der Waals surface area contributed by atoms with Gasteiger partial charge in [-0.1, -0.05) is 6.42 Å². The maximum Gasteiger partial charge on any atom is 0.0622 e. The zero-order valence-corrected chi connectivity index (χ0v) is 10.3. The van der Waals surface area contributed by atoms with E-state index in [0.717, 1.165) is 19.5 Å². The van der Waals surface area contributed by atoms with Crippen LogP contribution in [-0.4, -0.2) is 33.8 Å². The summed E-state index contributed by atoms with van der Waals surface area (Å²) in [5.74, 6) is 0. The van der Waals surface area contributed by atoms with Gasteiger partial charge in [-0.2, -0.15) is 10.4 Å². The molecule has 0 aliphatic carbocycles. The fourth-order valence-electron chi connectivity index (χ4n) is 2.55. The van der Waals surface area contributed by atoms with Gasteiger partial charge in [0.2, 0.25) is 0 Å². The van der Waals surface area contributed by atoms with Gasteiger partial charge >= 0.3 is 0 Å². The van der Waals surface area contributed by atoms with Crippen molar-refractivity contribution in [3.8, 4) is 6.07 Å². The molecule has 4 nitrogen and oxygen atoms in total. The van der Waals surface area contributed by atoms with Crippen molar-refractivity contribution in [2.24, 2.45) is 0 Å². The first-order valence-corrected chi connectivity index (χ1v) is 6.48. The van der Waals surface area contributed by atoms with Gasteiger partial charge in [-0.05, 0) is 38.4 Å². The Bertz CT molecular complexity index is 352. The van der Waals surface area contributed by atoms with E-state index in [2.05, 4.69) is 16.1 Å². The van der Waals surface area contributed by atoms with E-state index in [1.54, 1.807) is 0 Å². The second kappa shape index (κ2) is 6.41. The highest BCUT2D eigenvalue weighted by Gasteiger charge is 2.22. The number of rotatable bonds is 5. The SMILES string of the molecule is N#CCCCN1CCCCC1Cn1cccn1. The summed E-state index contributed by atoms with van der Waals surface area (Å²) >= 11 is 0. The van der Waals surface area contributed by atoms with Crippen LogP contribution < -0.4 is 0 Å². The van der Waals surface area contributed by atoms with E-state index in [1.165, 1.54) is 25.8 Å². The van der Waals surface area contributed by atoms with Crippen LogP contribution in [0.3, 0.4) is 0 Å². The molecule has 1 aromatic rings. The molecule has 0 aromatic carbocycles. The molecule has 92 valence electrons. The number of likely N-dealkylation sites (tertiary alicyclic amines) is 1. The largest absolute Gasteiger partial charge is 0.299 e. The highest BCUT2D eigenvalue weighted by atomic mass is 15.3. The second-order valence-electron chi connectivity index (χ2n) is 4.68. The topological polar surface area (TPSA) is 44.9 Å². The molecular weight excluding hydrogens is 212 g/mol.